The van der Waals surface area contributed by atoms with Crippen LogP contribution in [0.3, 0.4) is 0 Å². The summed E-state index contributed by atoms with van der Waals surface area (Å²) in [5.74, 6) is 2.39. The van der Waals surface area contributed by atoms with Gasteiger partial charge < -0.3 is 24.8 Å². The molecule has 2 atom stereocenters. The number of ether oxygens (including phenoxy) is 3. The monoisotopic (exact) mass is 498 g/mol. The van der Waals surface area contributed by atoms with Crippen molar-refractivity contribution >= 4 is 17.2 Å². The highest BCUT2D eigenvalue weighted by Crippen LogP contribution is 2.45. The number of hydrogen-bond donors (Lipinski definition) is 2. The third-order valence-electron chi connectivity index (χ3n) is 6.84. The van der Waals surface area contributed by atoms with Gasteiger partial charge in [0.15, 0.2) is 17.3 Å². The van der Waals surface area contributed by atoms with E-state index in [1.165, 1.54) is 0 Å². The molecule has 0 saturated heterocycles. The molecule has 1 heterocycles. The van der Waals surface area contributed by atoms with Crippen LogP contribution in [0.2, 0.25) is 0 Å². The maximum Gasteiger partial charge on any atom is 0.163 e. The van der Waals surface area contributed by atoms with Gasteiger partial charge in [0, 0.05) is 17.7 Å². The largest absolute Gasteiger partial charge is 0.497 e. The Labute approximate surface area is 218 Å². The van der Waals surface area contributed by atoms with E-state index >= 15 is 0 Å². The summed E-state index contributed by atoms with van der Waals surface area (Å²) in [7, 11) is 1.67. The average molecular weight is 499 g/mol. The standard InChI is InChI=1S/C31H34N2O4/c1-5-36-29-18-21(13-14-28(29)37-19(2)3)31-30-26(32-24-11-6-7-12-25(24)33-31)16-22(17-27(30)34)20-9-8-10-23(15-20)35-4/h6-15,18-19,22,31-33H,5,16-17H2,1-4H3. The molecule has 6 heteroatoms. The van der Waals surface area contributed by atoms with Gasteiger partial charge in [-0.3, -0.25) is 4.79 Å². The summed E-state index contributed by atoms with van der Waals surface area (Å²) in [4.78, 5) is 13.9. The first-order valence-electron chi connectivity index (χ1n) is 12.9. The lowest BCUT2D eigenvalue weighted by atomic mass is 9.78. The van der Waals surface area contributed by atoms with E-state index in [0.717, 1.165) is 45.9 Å². The van der Waals surface area contributed by atoms with Crippen LogP contribution in [-0.2, 0) is 4.79 Å². The molecule has 5 rings (SSSR count). The summed E-state index contributed by atoms with van der Waals surface area (Å²) < 4.78 is 17.4. The molecule has 0 radical (unpaired) electrons. The minimum atomic E-state index is -0.322. The van der Waals surface area contributed by atoms with E-state index in [-0.39, 0.29) is 23.8 Å². The first-order valence-corrected chi connectivity index (χ1v) is 12.9. The molecular weight excluding hydrogens is 464 g/mol. The van der Waals surface area contributed by atoms with E-state index in [0.29, 0.717) is 24.5 Å². The second-order valence-electron chi connectivity index (χ2n) is 9.75. The number of nitrogens with one attached hydrogen (secondary N) is 2. The molecule has 2 N–H and O–H groups in total. The van der Waals surface area contributed by atoms with Crippen LogP contribution in [0.25, 0.3) is 0 Å². The zero-order valence-electron chi connectivity index (χ0n) is 21.8. The minimum absolute atomic E-state index is 0.0277. The van der Waals surface area contributed by atoms with Crippen molar-refractivity contribution in [3.8, 4) is 17.2 Å². The third-order valence-corrected chi connectivity index (χ3v) is 6.84. The molecule has 1 aliphatic heterocycles. The molecule has 0 amide bonds. The molecule has 3 aromatic carbocycles. The number of benzene rings is 3. The molecule has 3 aromatic rings. The van der Waals surface area contributed by atoms with E-state index in [4.69, 9.17) is 14.2 Å². The summed E-state index contributed by atoms with van der Waals surface area (Å²) in [6.45, 7) is 6.47. The molecule has 2 unspecified atom stereocenters. The first-order chi connectivity index (χ1) is 18.0. The van der Waals surface area contributed by atoms with Crippen molar-refractivity contribution in [1.29, 1.82) is 0 Å². The van der Waals surface area contributed by atoms with Gasteiger partial charge in [0.05, 0.1) is 37.2 Å². The Kier molecular flexibility index (Phi) is 7.08. The van der Waals surface area contributed by atoms with Crippen LogP contribution in [-0.4, -0.2) is 25.6 Å². The molecule has 1 aliphatic carbocycles. The Morgan fingerprint density at radius 3 is 2.49 bits per heavy atom. The van der Waals surface area contributed by atoms with Crippen molar-refractivity contribution in [2.75, 3.05) is 24.4 Å². The van der Waals surface area contributed by atoms with Crippen LogP contribution in [0.1, 0.15) is 56.7 Å². The number of ketones is 1. The number of Topliss-reactive ketones (excluding diaryl/α,β-unsaturated/α-hetero) is 1. The normalized spacial score (nSPS) is 18.8. The lowest BCUT2D eigenvalue weighted by Gasteiger charge is -2.30. The van der Waals surface area contributed by atoms with Crippen molar-refractivity contribution in [2.24, 2.45) is 0 Å². The number of anilines is 2. The van der Waals surface area contributed by atoms with Gasteiger partial charge in [-0.15, -0.1) is 0 Å². The lowest BCUT2D eigenvalue weighted by molar-refractivity contribution is -0.116. The van der Waals surface area contributed by atoms with Gasteiger partial charge in [-0.25, -0.2) is 0 Å². The van der Waals surface area contributed by atoms with Crippen LogP contribution in [0, 0.1) is 0 Å². The Balaban J connectivity index is 1.58. The predicted octanol–water partition coefficient (Wildman–Crippen LogP) is 6.86. The number of carbonyl (C=O) groups excluding carboxylic acids is 1. The van der Waals surface area contributed by atoms with Crippen LogP contribution in [0.15, 0.2) is 78.0 Å². The maximum absolute atomic E-state index is 13.9. The van der Waals surface area contributed by atoms with E-state index < -0.39 is 0 Å². The quantitative estimate of drug-likeness (QED) is 0.371. The van der Waals surface area contributed by atoms with Gasteiger partial charge in [-0.05, 0) is 80.6 Å². The fourth-order valence-corrected chi connectivity index (χ4v) is 5.20. The summed E-state index contributed by atoms with van der Waals surface area (Å²) in [6, 6.07) is 21.8. The number of carbonyl (C=O) groups is 1. The summed E-state index contributed by atoms with van der Waals surface area (Å²) in [5, 5.41) is 7.26. The SMILES string of the molecule is CCOc1cc(C2Nc3ccccc3NC3=C2C(=O)CC(c2cccc(OC)c2)C3)ccc1OC(C)C. The Bertz CT molecular complexity index is 1330. The topological polar surface area (TPSA) is 68.8 Å². The fraction of sp³-hybridized carbons (Fsp3) is 0.323. The Morgan fingerprint density at radius 1 is 0.919 bits per heavy atom. The van der Waals surface area contributed by atoms with E-state index in [1.54, 1.807) is 7.11 Å². The van der Waals surface area contributed by atoms with Crippen LogP contribution in [0.5, 0.6) is 17.2 Å². The van der Waals surface area contributed by atoms with Crippen molar-refractivity contribution < 1.29 is 19.0 Å². The van der Waals surface area contributed by atoms with Gasteiger partial charge in [-0.2, -0.15) is 0 Å². The zero-order chi connectivity index (χ0) is 25.9. The van der Waals surface area contributed by atoms with Crippen LogP contribution < -0.4 is 24.8 Å². The molecule has 0 fully saturated rings. The minimum Gasteiger partial charge on any atom is -0.497 e. The third kappa shape index (κ3) is 5.15. The smallest absolute Gasteiger partial charge is 0.163 e. The van der Waals surface area contributed by atoms with Gasteiger partial charge in [0.1, 0.15) is 5.75 Å². The van der Waals surface area contributed by atoms with Crippen LogP contribution in [0.4, 0.5) is 11.4 Å². The highest BCUT2D eigenvalue weighted by molar-refractivity contribution is 6.01. The molecule has 37 heavy (non-hydrogen) atoms. The summed E-state index contributed by atoms with van der Waals surface area (Å²) in [5.41, 5.74) is 5.70. The van der Waals surface area contributed by atoms with Gasteiger partial charge in [0.2, 0.25) is 0 Å². The van der Waals surface area contributed by atoms with Gasteiger partial charge in [0.25, 0.3) is 0 Å². The fourth-order valence-electron chi connectivity index (χ4n) is 5.20. The average Bonchev–Trinajstić information content (AvgIpc) is 3.06. The highest BCUT2D eigenvalue weighted by atomic mass is 16.5. The predicted molar refractivity (Wildman–Crippen MR) is 147 cm³/mol. The first kappa shape index (κ1) is 24.8. The molecule has 0 bridgehead atoms. The van der Waals surface area contributed by atoms with Crippen molar-refractivity contribution in [1.82, 2.24) is 0 Å². The number of methoxy groups -OCH3 is 1. The Morgan fingerprint density at radius 2 is 1.73 bits per heavy atom. The number of hydrogen-bond acceptors (Lipinski definition) is 6. The van der Waals surface area contributed by atoms with Crippen molar-refractivity contribution in [3.63, 3.8) is 0 Å². The molecule has 6 nitrogen and oxygen atoms in total. The maximum atomic E-state index is 13.9. The van der Waals surface area contributed by atoms with E-state index in [1.807, 2.05) is 81.4 Å². The molecule has 192 valence electrons. The number of para-hydroxylation sites is 2. The molecule has 0 aromatic heterocycles. The summed E-state index contributed by atoms with van der Waals surface area (Å²) >= 11 is 0. The number of allylic oxidation sites excluding steroid dienone is 1. The number of fused-ring (bicyclic) bond motifs is 1. The zero-order valence-corrected chi connectivity index (χ0v) is 21.8. The van der Waals surface area contributed by atoms with Crippen LogP contribution >= 0.6 is 0 Å². The van der Waals surface area contributed by atoms with E-state index in [9.17, 15) is 4.79 Å². The Hall–Kier alpha value is -3.93. The number of rotatable bonds is 7. The molecule has 0 spiro atoms. The molecule has 2 aliphatic rings. The second-order valence-corrected chi connectivity index (χ2v) is 9.75. The molecular formula is C31H34N2O4. The lowest BCUT2D eigenvalue weighted by Crippen LogP contribution is -2.27. The second kappa shape index (κ2) is 10.6. The summed E-state index contributed by atoms with van der Waals surface area (Å²) in [6.07, 6.45) is 1.20. The molecule has 0 saturated carbocycles. The van der Waals surface area contributed by atoms with Gasteiger partial charge >= 0.3 is 0 Å². The van der Waals surface area contributed by atoms with Crippen molar-refractivity contribution in [3.05, 3.63) is 89.1 Å². The van der Waals surface area contributed by atoms with E-state index in [2.05, 4.69) is 16.7 Å². The highest BCUT2D eigenvalue weighted by Gasteiger charge is 2.36. The van der Waals surface area contributed by atoms with Crippen molar-refractivity contribution in [2.45, 2.75) is 51.7 Å². The van der Waals surface area contributed by atoms with Gasteiger partial charge in [-0.1, -0.05) is 30.3 Å².